The van der Waals surface area contributed by atoms with Crippen molar-refractivity contribution in [1.82, 2.24) is 4.98 Å². The van der Waals surface area contributed by atoms with Gasteiger partial charge in [0.15, 0.2) is 5.82 Å². The van der Waals surface area contributed by atoms with E-state index in [2.05, 4.69) is 26.2 Å². The minimum Gasteiger partial charge on any atom is -0.497 e. The molecule has 106 valence electrons. The predicted molar refractivity (Wildman–Crippen MR) is 86.6 cm³/mol. The van der Waals surface area contributed by atoms with Crippen LogP contribution in [0.25, 0.3) is 0 Å². The van der Waals surface area contributed by atoms with E-state index in [0.29, 0.717) is 6.54 Å². The quantitative estimate of drug-likeness (QED) is 0.906. The average molecular weight is 336 g/mol. The third-order valence-corrected chi connectivity index (χ3v) is 3.71. The van der Waals surface area contributed by atoms with Gasteiger partial charge in [0.25, 0.3) is 0 Å². The van der Waals surface area contributed by atoms with Gasteiger partial charge in [0.2, 0.25) is 0 Å². The standard InChI is InChI=1S/C15H18BrN3O/c1-19(2)15-14(5-4-8-17-15)18-10-11-9-12(20-3)6-7-13(11)16/h4-9,18H,10H2,1-3H3. The van der Waals surface area contributed by atoms with Crippen LogP contribution in [0, 0.1) is 0 Å². The van der Waals surface area contributed by atoms with Gasteiger partial charge in [-0.05, 0) is 35.9 Å². The predicted octanol–water partition coefficient (Wildman–Crippen LogP) is 3.53. The maximum Gasteiger partial charge on any atom is 0.151 e. The molecule has 0 unspecified atom stereocenters. The lowest BCUT2D eigenvalue weighted by molar-refractivity contribution is 0.414. The zero-order chi connectivity index (χ0) is 14.5. The summed E-state index contributed by atoms with van der Waals surface area (Å²) in [5, 5.41) is 3.41. The summed E-state index contributed by atoms with van der Waals surface area (Å²) in [5.74, 6) is 1.77. The van der Waals surface area contributed by atoms with E-state index >= 15 is 0 Å². The summed E-state index contributed by atoms with van der Waals surface area (Å²) in [4.78, 5) is 6.36. The molecule has 0 saturated heterocycles. The number of anilines is 2. The fourth-order valence-electron chi connectivity index (χ4n) is 1.90. The summed E-state index contributed by atoms with van der Waals surface area (Å²) in [6, 6.07) is 9.89. The number of nitrogens with one attached hydrogen (secondary N) is 1. The maximum absolute atomic E-state index is 5.25. The molecule has 0 fully saturated rings. The second-order valence-corrected chi connectivity index (χ2v) is 5.43. The molecule has 1 N–H and O–H groups in total. The Bertz CT molecular complexity index is 587. The number of hydrogen-bond donors (Lipinski definition) is 1. The van der Waals surface area contributed by atoms with E-state index in [-0.39, 0.29) is 0 Å². The van der Waals surface area contributed by atoms with Crippen molar-refractivity contribution in [3.05, 3.63) is 46.6 Å². The van der Waals surface area contributed by atoms with Crippen LogP contribution in [-0.2, 0) is 6.54 Å². The number of rotatable bonds is 5. The molecule has 2 aromatic rings. The minimum atomic E-state index is 0.699. The molecule has 0 saturated carbocycles. The molecule has 0 radical (unpaired) electrons. The number of methoxy groups -OCH3 is 1. The van der Waals surface area contributed by atoms with Gasteiger partial charge in [0.05, 0.1) is 12.8 Å². The molecule has 5 heteroatoms. The number of pyridine rings is 1. The molecule has 1 aromatic heterocycles. The van der Waals surface area contributed by atoms with Crippen molar-refractivity contribution in [3.63, 3.8) is 0 Å². The first-order chi connectivity index (χ1) is 9.61. The van der Waals surface area contributed by atoms with Crippen LogP contribution in [0.2, 0.25) is 0 Å². The van der Waals surface area contributed by atoms with Crippen molar-refractivity contribution < 1.29 is 4.74 Å². The summed E-state index contributed by atoms with van der Waals surface area (Å²) in [6.07, 6.45) is 1.79. The van der Waals surface area contributed by atoms with Crippen molar-refractivity contribution in [1.29, 1.82) is 0 Å². The molecule has 20 heavy (non-hydrogen) atoms. The first-order valence-electron chi connectivity index (χ1n) is 6.30. The highest BCUT2D eigenvalue weighted by molar-refractivity contribution is 9.10. The first kappa shape index (κ1) is 14.7. The third kappa shape index (κ3) is 3.42. The van der Waals surface area contributed by atoms with Crippen molar-refractivity contribution in [3.8, 4) is 5.75 Å². The van der Waals surface area contributed by atoms with Gasteiger partial charge < -0.3 is 15.0 Å². The molecule has 2 rings (SSSR count). The van der Waals surface area contributed by atoms with Gasteiger partial charge in [-0.15, -0.1) is 0 Å². The Labute approximate surface area is 127 Å². The van der Waals surface area contributed by atoms with Gasteiger partial charge in [-0.2, -0.15) is 0 Å². The van der Waals surface area contributed by atoms with E-state index in [9.17, 15) is 0 Å². The number of benzene rings is 1. The molecule has 0 atom stereocenters. The second kappa shape index (κ2) is 6.61. The normalized spacial score (nSPS) is 10.2. The molecule has 0 amide bonds. The van der Waals surface area contributed by atoms with Crippen molar-refractivity contribution >= 4 is 27.4 Å². The molecular weight excluding hydrogens is 318 g/mol. The van der Waals surface area contributed by atoms with E-state index in [1.807, 2.05) is 49.3 Å². The zero-order valence-electron chi connectivity index (χ0n) is 11.9. The summed E-state index contributed by atoms with van der Waals surface area (Å²) in [6.45, 7) is 0.699. The van der Waals surface area contributed by atoms with Crippen LogP contribution in [0.15, 0.2) is 41.0 Å². The lowest BCUT2D eigenvalue weighted by atomic mass is 10.2. The van der Waals surface area contributed by atoms with Crippen LogP contribution in [0.5, 0.6) is 5.75 Å². The highest BCUT2D eigenvalue weighted by Crippen LogP contribution is 2.25. The van der Waals surface area contributed by atoms with E-state index in [1.165, 1.54) is 0 Å². The van der Waals surface area contributed by atoms with Crippen molar-refractivity contribution in [2.24, 2.45) is 0 Å². The summed E-state index contributed by atoms with van der Waals surface area (Å²) < 4.78 is 6.31. The first-order valence-corrected chi connectivity index (χ1v) is 7.09. The number of hydrogen-bond acceptors (Lipinski definition) is 4. The number of halogens is 1. The summed E-state index contributed by atoms with van der Waals surface area (Å²) in [7, 11) is 5.63. The zero-order valence-corrected chi connectivity index (χ0v) is 13.4. The Morgan fingerprint density at radius 2 is 2.10 bits per heavy atom. The summed E-state index contributed by atoms with van der Waals surface area (Å²) in [5.41, 5.74) is 2.14. The van der Waals surface area contributed by atoms with E-state index in [1.54, 1.807) is 13.3 Å². The van der Waals surface area contributed by atoms with Gasteiger partial charge in [-0.1, -0.05) is 15.9 Å². The monoisotopic (exact) mass is 335 g/mol. The Morgan fingerprint density at radius 1 is 1.30 bits per heavy atom. The second-order valence-electron chi connectivity index (χ2n) is 4.58. The van der Waals surface area contributed by atoms with Gasteiger partial charge in [-0.25, -0.2) is 4.98 Å². The van der Waals surface area contributed by atoms with Crippen LogP contribution < -0.4 is 15.0 Å². The van der Waals surface area contributed by atoms with E-state index in [4.69, 9.17) is 4.74 Å². The van der Waals surface area contributed by atoms with E-state index < -0.39 is 0 Å². The lowest BCUT2D eigenvalue weighted by Crippen LogP contribution is -2.13. The molecule has 0 aliphatic heterocycles. The molecule has 1 aromatic carbocycles. The Hall–Kier alpha value is -1.75. The highest BCUT2D eigenvalue weighted by atomic mass is 79.9. The average Bonchev–Trinajstić information content (AvgIpc) is 2.46. The Balaban J connectivity index is 2.17. The lowest BCUT2D eigenvalue weighted by Gasteiger charge is -2.17. The molecule has 0 spiro atoms. The fraction of sp³-hybridized carbons (Fsp3) is 0.267. The van der Waals surface area contributed by atoms with Crippen LogP contribution >= 0.6 is 15.9 Å². The SMILES string of the molecule is COc1ccc(Br)c(CNc2cccnc2N(C)C)c1. The molecule has 0 aliphatic rings. The minimum absolute atomic E-state index is 0.699. The molecule has 1 heterocycles. The van der Waals surface area contributed by atoms with Crippen molar-refractivity contribution in [2.75, 3.05) is 31.4 Å². The summed E-state index contributed by atoms with van der Waals surface area (Å²) >= 11 is 3.56. The number of aromatic nitrogens is 1. The van der Waals surface area contributed by atoms with Gasteiger partial charge in [-0.3, -0.25) is 0 Å². The van der Waals surface area contributed by atoms with Gasteiger partial charge in [0, 0.05) is 31.3 Å². The number of ether oxygens (including phenoxy) is 1. The molecule has 0 aliphatic carbocycles. The smallest absolute Gasteiger partial charge is 0.151 e. The van der Waals surface area contributed by atoms with E-state index in [0.717, 1.165) is 27.3 Å². The van der Waals surface area contributed by atoms with Crippen LogP contribution in [0.3, 0.4) is 0 Å². The van der Waals surface area contributed by atoms with Crippen molar-refractivity contribution in [2.45, 2.75) is 6.54 Å². The van der Waals surface area contributed by atoms with Crippen LogP contribution in [0.1, 0.15) is 5.56 Å². The Kier molecular flexibility index (Phi) is 4.84. The van der Waals surface area contributed by atoms with Gasteiger partial charge in [0.1, 0.15) is 5.75 Å². The Morgan fingerprint density at radius 3 is 2.80 bits per heavy atom. The maximum atomic E-state index is 5.25. The molecule has 4 nitrogen and oxygen atoms in total. The largest absolute Gasteiger partial charge is 0.497 e. The number of nitrogens with zero attached hydrogens (tertiary/aromatic N) is 2. The topological polar surface area (TPSA) is 37.4 Å². The highest BCUT2D eigenvalue weighted by Gasteiger charge is 2.07. The van der Waals surface area contributed by atoms with Crippen LogP contribution in [0.4, 0.5) is 11.5 Å². The fourth-order valence-corrected chi connectivity index (χ4v) is 2.28. The third-order valence-electron chi connectivity index (χ3n) is 2.93. The van der Waals surface area contributed by atoms with Gasteiger partial charge >= 0.3 is 0 Å². The van der Waals surface area contributed by atoms with Crippen LogP contribution in [-0.4, -0.2) is 26.2 Å². The molecular formula is C15H18BrN3O. The molecule has 0 bridgehead atoms.